The van der Waals surface area contributed by atoms with E-state index in [4.69, 9.17) is 21.0 Å². The topological polar surface area (TPSA) is 149 Å². The predicted molar refractivity (Wildman–Crippen MR) is 182 cm³/mol. The Morgan fingerprint density at radius 2 is 1.53 bits per heavy atom. The van der Waals surface area contributed by atoms with Gasteiger partial charge in [0, 0.05) is 56.4 Å². The van der Waals surface area contributed by atoms with E-state index in [1.807, 2.05) is 66.9 Å². The first-order valence-corrected chi connectivity index (χ1v) is 15.5. The Morgan fingerprint density at radius 3 is 2.23 bits per heavy atom. The lowest BCUT2D eigenvalue weighted by molar-refractivity contribution is 0.249. The molecule has 2 N–H and O–H groups in total. The third kappa shape index (κ3) is 6.47. The number of pyridine rings is 2. The summed E-state index contributed by atoms with van der Waals surface area (Å²) in [6.07, 6.45) is 3.30. The molecule has 0 saturated carbocycles. The first-order valence-electron chi connectivity index (χ1n) is 15.5. The minimum absolute atomic E-state index is 0.191. The highest BCUT2D eigenvalue weighted by atomic mass is 15.3. The van der Waals surface area contributed by atoms with Gasteiger partial charge in [-0.25, -0.2) is 24.9 Å². The summed E-state index contributed by atoms with van der Waals surface area (Å²) in [4.78, 5) is 27.2. The SMILES string of the molecule is CC.N#Cc1ccc(-c2ccc3nc(-c4cccnc4N)n(-c4ccc(CN5CCN(c6ccnc(C#N)n6)CC5)cc4)c3n2)cc1. The highest BCUT2D eigenvalue weighted by molar-refractivity contribution is 5.84. The summed E-state index contributed by atoms with van der Waals surface area (Å²) in [6, 6.07) is 29.5. The number of aromatic nitrogens is 6. The molecular weight excluding hydrogens is 586 g/mol. The van der Waals surface area contributed by atoms with Gasteiger partial charge in [-0.3, -0.25) is 9.47 Å². The molecule has 0 radical (unpaired) electrons. The maximum absolute atomic E-state index is 9.21. The lowest BCUT2D eigenvalue weighted by Gasteiger charge is -2.35. The average Bonchev–Trinajstić information content (AvgIpc) is 3.52. The van der Waals surface area contributed by atoms with Crippen LogP contribution in [0.1, 0.15) is 30.8 Å². The van der Waals surface area contributed by atoms with Crippen molar-refractivity contribution in [1.82, 2.24) is 34.4 Å². The van der Waals surface area contributed by atoms with Crippen LogP contribution in [0.4, 0.5) is 11.6 Å². The van der Waals surface area contributed by atoms with E-state index >= 15 is 0 Å². The molecule has 0 aliphatic carbocycles. The van der Waals surface area contributed by atoms with Gasteiger partial charge in [-0.05, 0) is 60.2 Å². The van der Waals surface area contributed by atoms with Crippen LogP contribution in [0.5, 0.6) is 0 Å². The molecule has 232 valence electrons. The van der Waals surface area contributed by atoms with Crippen molar-refractivity contribution in [3.8, 4) is 40.5 Å². The lowest BCUT2D eigenvalue weighted by atomic mass is 10.1. The van der Waals surface area contributed by atoms with E-state index in [0.29, 0.717) is 22.9 Å². The van der Waals surface area contributed by atoms with Gasteiger partial charge in [0.2, 0.25) is 5.82 Å². The third-order valence-corrected chi connectivity index (χ3v) is 7.93. The van der Waals surface area contributed by atoms with Gasteiger partial charge < -0.3 is 10.6 Å². The van der Waals surface area contributed by atoms with Crippen LogP contribution < -0.4 is 10.6 Å². The van der Waals surface area contributed by atoms with E-state index in [2.05, 4.69) is 55.1 Å². The monoisotopic (exact) mass is 619 g/mol. The maximum Gasteiger partial charge on any atom is 0.234 e. The Kier molecular flexibility index (Phi) is 9.09. The number of nitrogens with zero attached hydrogens (tertiary/aromatic N) is 10. The molecule has 0 atom stereocenters. The number of rotatable bonds is 6. The Balaban J connectivity index is 0.00000190. The first-order chi connectivity index (χ1) is 23.1. The van der Waals surface area contributed by atoms with Gasteiger partial charge in [0.15, 0.2) is 11.5 Å². The van der Waals surface area contributed by atoms with Gasteiger partial charge in [-0.15, -0.1) is 0 Å². The van der Waals surface area contributed by atoms with Gasteiger partial charge in [-0.2, -0.15) is 10.5 Å². The second-order valence-electron chi connectivity index (χ2n) is 10.7. The highest BCUT2D eigenvalue weighted by Gasteiger charge is 2.21. The van der Waals surface area contributed by atoms with E-state index in [1.165, 1.54) is 5.56 Å². The van der Waals surface area contributed by atoms with Gasteiger partial charge in [0.05, 0.1) is 22.9 Å². The van der Waals surface area contributed by atoms with Crippen LogP contribution in [0, 0.1) is 22.7 Å². The largest absolute Gasteiger partial charge is 0.383 e. The molecule has 0 amide bonds. The van der Waals surface area contributed by atoms with E-state index < -0.39 is 0 Å². The number of hydrogen-bond donors (Lipinski definition) is 1. The molecule has 0 unspecified atom stereocenters. The van der Waals surface area contributed by atoms with Crippen LogP contribution in [-0.4, -0.2) is 60.6 Å². The number of nitriles is 2. The molecule has 5 heterocycles. The predicted octanol–water partition coefficient (Wildman–Crippen LogP) is 5.61. The van der Waals surface area contributed by atoms with Crippen molar-refractivity contribution in [3.63, 3.8) is 0 Å². The number of benzene rings is 2. The van der Waals surface area contributed by atoms with E-state index in [9.17, 15) is 5.26 Å². The summed E-state index contributed by atoms with van der Waals surface area (Å²) in [6.45, 7) is 8.22. The molecule has 11 nitrogen and oxygen atoms in total. The zero-order chi connectivity index (χ0) is 32.8. The normalized spacial score (nSPS) is 13.0. The molecule has 2 aromatic carbocycles. The molecule has 0 spiro atoms. The number of hydrogen-bond acceptors (Lipinski definition) is 10. The number of nitrogens with two attached hydrogens (primary N) is 1. The number of piperazine rings is 1. The molecule has 6 aromatic rings. The smallest absolute Gasteiger partial charge is 0.234 e. The second-order valence-corrected chi connectivity index (χ2v) is 10.7. The van der Waals surface area contributed by atoms with E-state index in [-0.39, 0.29) is 5.82 Å². The van der Waals surface area contributed by atoms with Crippen LogP contribution in [0.25, 0.3) is 39.5 Å². The molecule has 7 rings (SSSR count). The third-order valence-electron chi connectivity index (χ3n) is 7.93. The summed E-state index contributed by atoms with van der Waals surface area (Å²) >= 11 is 0. The quantitative estimate of drug-likeness (QED) is 0.249. The Labute approximate surface area is 273 Å². The molecule has 47 heavy (non-hydrogen) atoms. The second kappa shape index (κ2) is 13.9. The molecule has 1 fully saturated rings. The summed E-state index contributed by atoms with van der Waals surface area (Å²) in [7, 11) is 0. The lowest BCUT2D eigenvalue weighted by Crippen LogP contribution is -2.46. The van der Waals surface area contributed by atoms with Crippen molar-refractivity contribution in [2.45, 2.75) is 20.4 Å². The molecule has 0 bridgehead atoms. The average molecular weight is 620 g/mol. The maximum atomic E-state index is 9.21. The van der Waals surface area contributed by atoms with Crippen LogP contribution in [0.15, 0.2) is 91.3 Å². The van der Waals surface area contributed by atoms with Crippen molar-refractivity contribution >= 4 is 22.8 Å². The minimum Gasteiger partial charge on any atom is -0.383 e. The number of fused-ring (bicyclic) bond motifs is 1. The highest BCUT2D eigenvalue weighted by Crippen LogP contribution is 2.32. The zero-order valence-electron chi connectivity index (χ0n) is 26.2. The standard InChI is InChI=1S/C34H27N11.C2H6/c35-20-23-3-7-25(8-4-23)28-11-12-29-34(40-28)45(33(41-29)27-2-1-14-39-32(27)37)26-9-5-24(6-10-26)22-43-16-18-44(19-17-43)31-13-15-38-30(21-36)42-31;1-2/h1-15H,16-19,22H2,(H2,37,39);1-2H3. The Bertz CT molecular complexity index is 2080. The van der Waals surface area contributed by atoms with Crippen molar-refractivity contribution in [2.24, 2.45) is 0 Å². The summed E-state index contributed by atoms with van der Waals surface area (Å²) in [5.74, 6) is 2.03. The summed E-state index contributed by atoms with van der Waals surface area (Å²) in [5.41, 5.74) is 12.9. The van der Waals surface area contributed by atoms with Crippen LogP contribution in [0.3, 0.4) is 0 Å². The van der Waals surface area contributed by atoms with E-state index in [1.54, 1.807) is 24.5 Å². The zero-order valence-corrected chi connectivity index (χ0v) is 26.2. The van der Waals surface area contributed by atoms with Crippen molar-refractivity contribution in [2.75, 3.05) is 36.8 Å². The van der Waals surface area contributed by atoms with Gasteiger partial charge >= 0.3 is 0 Å². The number of imidazole rings is 1. The van der Waals surface area contributed by atoms with Crippen LogP contribution in [0.2, 0.25) is 0 Å². The Hall–Kier alpha value is -6.17. The molecule has 11 heteroatoms. The fourth-order valence-corrected chi connectivity index (χ4v) is 5.59. The van der Waals surface area contributed by atoms with E-state index in [0.717, 1.165) is 66.6 Å². The molecule has 4 aromatic heterocycles. The van der Waals surface area contributed by atoms with Crippen molar-refractivity contribution < 1.29 is 0 Å². The van der Waals surface area contributed by atoms with Gasteiger partial charge in [-0.1, -0.05) is 38.1 Å². The molecule has 1 aliphatic rings. The summed E-state index contributed by atoms with van der Waals surface area (Å²) in [5, 5.41) is 18.3. The molecule has 1 saturated heterocycles. The molecular formula is C36H33N11. The summed E-state index contributed by atoms with van der Waals surface area (Å²) < 4.78 is 2.02. The Morgan fingerprint density at radius 1 is 0.766 bits per heavy atom. The van der Waals surface area contributed by atoms with Crippen LogP contribution in [-0.2, 0) is 6.54 Å². The molecule has 1 aliphatic heterocycles. The first kappa shape index (κ1) is 30.8. The number of anilines is 2. The van der Waals surface area contributed by atoms with Gasteiger partial charge in [0.1, 0.15) is 23.2 Å². The van der Waals surface area contributed by atoms with Crippen molar-refractivity contribution in [3.05, 3.63) is 108 Å². The minimum atomic E-state index is 0.191. The number of nitrogen functional groups attached to an aromatic ring is 1. The van der Waals surface area contributed by atoms with Gasteiger partial charge in [0.25, 0.3) is 0 Å². The van der Waals surface area contributed by atoms with Crippen molar-refractivity contribution in [1.29, 1.82) is 10.5 Å². The fraction of sp³-hybridized carbons (Fsp3) is 0.194. The van der Waals surface area contributed by atoms with Crippen LogP contribution >= 0.6 is 0 Å². The fourth-order valence-electron chi connectivity index (χ4n) is 5.59.